The maximum Gasteiger partial charge on any atom is 0.239 e. The lowest BCUT2D eigenvalue weighted by Crippen LogP contribution is -2.46. The Morgan fingerprint density at radius 1 is 1.20 bits per heavy atom. The van der Waals surface area contributed by atoms with E-state index in [0.717, 1.165) is 16.8 Å². The first-order chi connectivity index (χ1) is 8.29. The SMILES string of the molecule is Cc1cccc(C)c1NCC(=O)NCC(C)(C)N.Cl.Cl. The predicted octanol–water partition coefficient (Wildman–Crippen LogP) is 2.41. The van der Waals surface area contributed by atoms with Crippen molar-refractivity contribution < 1.29 is 4.79 Å². The Balaban J connectivity index is 0. The second-order valence-electron chi connectivity index (χ2n) is 5.39. The quantitative estimate of drug-likeness (QED) is 0.780. The molecule has 0 saturated carbocycles. The number of hydrogen-bond donors (Lipinski definition) is 3. The summed E-state index contributed by atoms with van der Waals surface area (Å²) in [5, 5.41) is 5.97. The van der Waals surface area contributed by atoms with Gasteiger partial charge in [-0.2, -0.15) is 0 Å². The molecule has 0 aliphatic rings. The number of rotatable bonds is 5. The van der Waals surface area contributed by atoms with E-state index in [1.807, 2.05) is 45.9 Å². The number of para-hydroxylation sites is 1. The van der Waals surface area contributed by atoms with Gasteiger partial charge in [0, 0.05) is 17.8 Å². The van der Waals surface area contributed by atoms with Crippen LogP contribution in [0, 0.1) is 13.8 Å². The Morgan fingerprint density at radius 2 is 1.70 bits per heavy atom. The average molecular weight is 322 g/mol. The van der Waals surface area contributed by atoms with Crippen LogP contribution in [0.5, 0.6) is 0 Å². The minimum Gasteiger partial charge on any atom is -0.376 e. The zero-order valence-electron chi connectivity index (χ0n) is 12.4. The molecule has 116 valence electrons. The van der Waals surface area contributed by atoms with Crippen molar-refractivity contribution in [2.45, 2.75) is 33.2 Å². The summed E-state index contributed by atoms with van der Waals surface area (Å²) in [7, 11) is 0. The number of carbonyl (C=O) groups is 1. The largest absolute Gasteiger partial charge is 0.376 e. The third-order valence-electron chi connectivity index (χ3n) is 2.65. The van der Waals surface area contributed by atoms with E-state index in [-0.39, 0.29) is 42.8 Å². The molecular formula is C14H25Cl2N3O. The Hall–Kier alpha value is -0.970. The number of amides is 1. The maximum atomic E-state index is 11.7. The first-order valence-corrected chi connectivity index (χ1v) is 6.15. The Bertz CT molecular complexity index is 411. The highest BCUT2D eigenvalue weighted by Gasteiger charge is 2.12. The normalized spacial score (nSPS) is 10.1. The highest BCUT2D eigenvalue weighted by Crippen LogP contribution is 2.18. The van der Waals surface area contributed by atoms with Gasteiger partial charge in [0.05, 0.1) is 6.54 Å². The van der Waals surface area contributed by atoms with Crippen molar-refractivity contribution >= 4 is 36.4 Å². The summed E-state index contributed by atoms with van der Waals surface area (Å²) in [4.78, 5) is 11.7. The van der Waals surface area contributed by atoms with Crippen LogP contribution in [0.3, 0.4) is 0 Å². The second kappa shape index (κ2) is 9.06. The van der Waals surface area contributed by atoms with E-state index in [0.29, 0.717) is 6.54 Å². The second-order valence-corrected chi connectivity index (χ2v) is 5.39. The molecule has 0 bridgehead atoms. The molecule has 4 nitrogen and oxygen atoms in total. The van der Waals surface area contributed by atoms with E-state index in [2.05, 4.69) is 10.6 Å². The summed E-state index contributed by atoms with van der Waals surface area (Å²) in [6.07, 6.45) is 0. The number of anilines is 1. The molecule has 0 heterocycles. The molecule has 0 aromatic heterocycles. The maximum absolute atomic E-state index is 11.7. The molecule has 0 atom stereocenters. The van der Waals surface area contributed by atoms with Gasteiger partial charge >= 0.3 is 0 Å². The van der Waals surface area contributed by atoms with Gasteiger partial charge in [-0.05, 0) is 38.8 Å². The Labute approximate surface area is 133 Å². The number of nitrogens with two attached hydrogens (primary N) is 1. The molecular weight excluding hydrogens is 297 g/mol. The minimum absolute atomic E-state index is 0. The fraction of sp³-hybridized carbons (Fsp3) is 0.500. The summed E-state index contributed by atoms with van der Waals surface area (Å²) in [5.74, 6) is -0.0452. The van der Waals surface area contributed by atoms with Crippen LogP contribution >= 0.6 is 24.8 Å². The van der Waals surface area contributed by atoms with Crippen molar-refractivity contribution in [3.05, 3.63) is 29.3 Å². The predicted molar refractivity (Wildman–Crippen MR) is 90.2 cm³/mol. The molecule has 1 amide bonds. The van der Waals surface area contributed by atoms with Crippen LogP contribution < -0.4 is 16.4 Å². The van der Waals surface area contributed by atoms with Crippen LogP contribution in [0.25, 0.3) is 0 Å². The lowest BCUT2D eigenvalue weighted by Gasteiger charge is -2.19. The Morgan fingerprint density at radius 3 is 2.15 bits per heavy atom. The molecule has 0 spiro atoms. The molecule has 0 fully saturated rings. The van der Waals surface area contributed by atoms with Gasteiger partial charge in [-0.25, -0.2) is 0 Å². The Kier molecular flexibility index (Phi) is 9.66. The minimum atomic E-state index is -0.381. The van der Waals surface area contributed by atoms with Crippen molar-refractivity contribution in [3.8, 4) is 0 Å². The first kappa shape index (κ1) is 21.3. The monoisotopic (exact) mass is 321 g/mol. The molecule has 0 aliphatic carbocycles. The zero-order valence-corrected chi connectivity index (χ0v) is 14.1. The molecule has 1 aromatic carbocycles. The van der Waals surface area contributed by atoms with Gasteiger partial charge in [0.1, 0.15) is 0 Å². The topological polar surface area (TPSA) is 67.2 Å². The standard InChI is InChI=1S/C14H23N3O.2ClH/c1-10-6-5-7-11(2)13(10)16-8-12(18)17-9-14(3,4)15;;/h5-7,16H,8-9,15H2,1-4H3,(H,17,18);2*1H. The van der Waals surface area contributed by atoms with Crippen molar-refractivity contribution in [2.75, 3.05) is 18.4 Å². The number of hydrogen-bond acceptors (Lipinski definition) is 3. The summed E-state index contributed by atoms with van der Waals surface area (Å²) in [6, 6.07) is 6.05. The smallest absolute Gasteiger partial charge is 0.239 e. The third-order valence-corrected chi connectivity index (χ3v) is 2.65. The van der Waals surface area contributed by atoms with Gasteiger partial charge in [0.2, 0.25) is 5.91 Å². The van der Waals surface area contributed by atoms with E-state index < -0.39 is 0 Å². The molecule has 0 saturated heterocycles. The molecule has 1 rings (SSSR count). The van der Waals surface area contributed by atoms with Crippen LogP contribution in [-0.4, -0.2) is 24.5 Å². The van der Waals surface area contributed by atoms with Crippen LogP contribution in [-0.2, 0) is 4.79 Å². The van der Waals surface area contributed by atoms with Gasteiger partial charge in [-0.3, -0.25) is 4.79 Å². The molecule has 1 aromatic rings. The fourth-order valence-electron chi connectivity index (χ4n) is 1.65. The van der Waals surface area contributed by atoms with Gasteiger partial charge in [-0.15, -0.1) is 24.8 Å². The summed E-state index contributed by atoms with van der Waals surface area (Å²) in [6.45, 7) is 8.55. The van der Waals surface area contributed by atoms with E-state index in [4.69, 9.17) is 5.73 Å². The summed E-state index contributed by atoms with van der Waals surface area (Å²) >= 11 is 0. The van der Waals surface area contributed by atoms with Crippen LogP contribution in [0.1, 0.15) is 25.0 Å². The van der Waals surface area contributed by atoms with Gasteiger partial charge < -0.3 is 16.4 Å². The number of benzene rings is 1. The van der Waals surface area contributed by atoms with Gasteiger partial charge in [0.15, 0.2) is 0 Å². The van der Waals surface area contributed by atoms with Crippen LogP contribution in [0.4, 0.5) is 5.69 Å². The van der Waals surface area contributed by atoms with Crippen molar-refractivity contribution in [2.24, 2.45) is 5.73 Å². The van der Waals surface area contributed by atoms with Crippen LogP contribution in [0.2, 0.25) is 0 Å². The average Bonchev–Trinajstić information content (AvgIpc) is 2.25. The van der Waals surface area contributed by atoms with Gasteiger partial charge in [-0.1, -0.05) is 18.2 Å². The molecule has 0 radical (unpaired) electrons. The van der Waals surface area contributed by atoms with E-state index in [9.17, 15) is 4.79 Å². The van der Waals surface area contributed by atoms with Crippen molar-refractivity contribution in [1.82, 2.24) is 5.32 Å². The molecule has 0 aliphatic heterocycles. The number of aryl methyl sites for hydroxylation is 2. The summed E-state index contributed by atoms with van der Waals surface area (Å²) < 4.78 is 0. The van der Waals surface area contributed by atoms with Gasteiger partial charge in [0.25, 0.3) is 0 Å². The molecule has 0 unspecified atom stereocenters. The summed E-state index contributed by atoms with van der Waals surface area (Å²) in [5.41, 5.74) is 8.73. The first-order valence-electron chi connectivity index (χ1n) is 6.15. The fourth-order valence-corrected chi connectivity index (χ4v) is 1.65. The number of nitrogens with one attached hydrogen (secondary N) is 2. The van der Waals surface area contributed by atoms with Crippen molar-refractivity contribution in [3.63, 3.8) is 0 Å². The lowest BCUT2D eigenvalue weighted by atomic mass is 10.1. The van der Waals surface area contributed by atoms with E-state index in [1.54, 1.807) is 0 Å². The van der Waals surface area contributed by atoms with E-state index >= 15 is 0 Å². The lowest BCUT2D eigenvalue weighted by molar-refractivity contribution is -0.119. The number of carbonyl (C=O) groups excluding carboxylic acids is 1. The zero-order chi connectivity index (χ0) is 13.8. The number of halogens is 2. The van der Waals surface area contributed by atoms with Crippen LogP contribution in [0.15, 0.2) is 18.2 Å². The van der Waals surface area contributed by atoms with Crippen molar-refractivity contribution in [1.29, 1.82) is 0 Å². The highest BCUT2D eigenvalue weighted by atomic mass is 35.5. The molecule has 6 heteroatoms. The van der Waals surface area contributed by atoms with E-state index in [1.165, 1.54) is 0 Å². The highest BCUT2D eigenvalue weighted by molar-refractivity contribution is 5.85. The third kappa shape index (κ3) is 7.58. The molecule has 20 heavy (non-hydrogen) atoms. The molecule has 4 N–H and O–H groups in total.